The zero-order valence-electron chi connectivity index (χ0n) is 10.5. The number of carboxylic acid groups (broad SMARTS) is 2. The number of carbonyl (C=O) groups is 2. The maximum Gasteiger partial charge on any atom is 1.00 e. The van der Waals surface area contributed by atoms with Gasteiger partial charge in [0.15, 0.2) is 0 Å². The van der Waals surface area contributed by atoms with Crippen LogP contribution in [0.5, 0.6) is 0 Å². The molecule has 1 aromatic rings. The van der Waals surface area contributed by atoms with Gasteiger partial charge in [-0.05, 0) is 12.1 Å². The minimum absolute atomic E-state index is 0. The molecule has 1 N–H and O–H groups in total. The summed E-state index contributed by atoms with van der Waals surface area (Å²) < 4.78 is 30.0. The van der Waals surface area contributed by atoms with Crippen LogP contribution in [0, 0.1) is 0 Å². The Hall–Kier alpha value is 1.07. The van der Waals surface area contributed by atoms with Crippen LogP contribution in [0.2, 0.25) is 0 Å². The van der Waals surface area contributed by atoms with Crippen molar-refractivity contribution in [3.05, 3.63) is 29.3 Å². The Labute approximate surface area is 175 Å². The van der Waals surface area contributed by atoms with E-state index in [1.807, 2.05) is 0 Å². The molecule has 19 heavy (non-hydrogen) atoms. The van der Waals surface area contributed by atoms with Gasteiger partial charge < -0.3 is 19.8 Å². The Bertz CT molecular complexity index is 570. The quantitative estimate of drug-likeness (QED) is 0.432. The van der Waals surface area contributed by atoms with Gasteiger partial charge in [0.2, 0.25) is 0 Å². The molecule has 1 rings (SSSR count). The Balaban J connectivity index is -0.000000853. The zero-order valence-corrected chi connectivity index (χ0v) is 17.4. The summed E-state index contributed by atoms with van der Waals surface area (Å²) in [7, 11) is -4.61. The van der Waals surface area contributed by atoms with Gasteiger partial charge in [0.25, 0.3) is 10.1 Å². The zero-order chi connectivity index (χ0) is 12.5. The van der Waals surface area contributed by atoms with Crippen LogP contribution in [0.25, 0.3) is 0 Å². The summed E-state index contributed by atoms with van der Waals surface area (Å²) in [6.07, 6.45) is 0. The smallest absolute Gasteiger partial charge is 0.545 e. The van der Waals surface area contributed by atoms with Crippen LogP contribution in [0.1, 0.15) is 20.7 Å². The number of benzene rings is 1. The first-order valence-electron chi connectivity index (χ1n) is 3.77. The Morgan fingerprint density at radius 2 is 1.37 bits per heavy atom. The van der Waals surface area contributed by atoms with Crippen molar-refractivity contribution in [2.24, 2.45) is 0 Å². The molecule has 0 radical (unpaired) electrons. The van der Waals surface area contributed by atoms with Crippen molar-refractivity contribution in [3.63, 3.8) is 0 Å². The Morgan fingerprint density at radius 1 is 0.947 bits per heavy atom. The molecule has 0 aliphatic rings. The number of rotatable bonds is 3. The van der Waals surface area contributed by atoms with E-state index in [1.165, 1.54) is 0 Å². The number of aromatic carboxylic acids is 2. The molecule has 0 fully saturated rings. The largest absolute Gasteiger partial charge is 1.00 e. The van der Waals surface area contributed by atoms with Gasteiger partial charge in [-0.3, -0.25) is 4.55 Å². The minimum Gasteiger partial charge on any atom is -0.545 e. The second-order valence-corrected chi connectivity index (χ2v) is 4.18. The Morgan fingerprint density at radius 3 is 1.68 bits per heavy atom. The van der Waals surface area contributed by atoms with Crippen molar-refractivity contribution in [2.75, 3.05) is 0 Å². The molecule has 11 heteroatoms. The third-order valence-corrected chi connectivity index (χ3v) is 2.58. The fraction of sp³-hybridized carbons (Fsp3) is 0. The molecule has 1 aromatic carbocycles. The van der Waals surface area contributed by atoms with Crippen molar-refractivity contribution >= 4 is 22.1 Å². The maximum atomic E-state index is 10.7. The fourth-order valence-corrected chi connectivity index (χ4v) is 1.54. The van der Waals surface area contributed by atoms with Crippen LogP contribution in [0.4, 0.5) is 0 Å². The van der Waals surface area contributed by atoms with Gasteiger partial charge in [0.05, 0.1) is 16.8 Å². The molecular weight excluding hydrogens is 309 g/mol. The first kappa shape index (κ1) is 25.0. The molecule has 0 aliphatic carbocycles. The third kappa shape index (κ3) is 7.05. The van der Waals surface area contributed by atoms with E-state index in [0.29, 0.717) is 12.1 Å². The third-order valence-electron chi connectivity index (χ3n) is 1.73. The average Bonchev–Trinajstić information content (AvgIpc) is 2.15. The Kier molecular flexibility index (Phi) is 13.1. The summed E-state index contributed by atoms with van der Waals surface area (Å²) in [5, 5.41) is 21.0. The van der Waals surface area contributed by atoms with Gasteiger partial charge in [0.1, 0.15) is 0 Å². The summed E-state index contributed by atoms with van der Waals surface area (Å²) >= 11 is 0. The monoisotopic (exact) mass is 313 g/mol. The summed E-state index contributed by atoms with van der Waals surface area (Å²) in [5.74, 6) is -3.68. The van der Waals surface area contributed by atoms with Gasteiger partial charge in [-0.2, -0.15) is 8.42 Å². The van der Waals surface area contributed by atoms with Crippen LogP contribution >= 0.6 is 0 Å². The number of carboxylic acids is 2. The molecule has 7 nitrogen and oxygen atoms in total. The van der Waals surface area contributed by atoms with Gasteiger partial charge in [-0.15, -0.1) is 0 Å². The molecule has 0 aliphatic heterocycles. The first-order valence-corrected chi connectivity index (χ1v) is 5.21. The van der Waals surface area contributed by atoms with Gasteiger partial charge in [-0.25, -0.2) is 0 Å². The molecule has 0 spiro atoms. The second kappa shape index (κ2) is 9.91. The topological polar surface area (TPSA) is 135 Å². The van der Waals surface area contributed by atoms with E-state index in [2.05, 4.69) is 0 Å². The summed E-state index contributed by atoms with van der Waals surface area (Å²) in [5.41, 5.74) is -1.61. The van der Waals surface area contributed by atoms with E-state index < -0.39 is 38.1 Å². The fourth-order valence-electron chi connectivity index (χ4n) is 1.03. The first-order chi connectivity index (χ1) is 7.23. The standard InChI is InChI=1S/C8H6O7S.3Na/c9-7(10)5-2-1-4(16(13,14)15)3-6(5)8(11)12;;;/h1-3H,(H,9,10)(H,11,12)(H,13,14,15);;;/q;3*+1/p-2. The molecule has 0 bridgehead atoms. The van der Waals surface area contributed by atoms with Crippen LogP contribution in [-0.4, -0.2) is 24.9 Å². The van der Waals surface area contributed by atoms with E-state index in [-0.39, 0.29) is 88.7 Å². The second-order valence-electron chi connectivity index (χ2n) is 2.76. The SMILES string of the molecule is O=C([O-])c1ccc(S(=O)(=O)O)cc1C(=O)[O-].[Na+].[Na+].[Na+]. The van der Waals surface area contributed by atoms with Crippen molar-refractivity contribution in [1.29, 1.82) is 0 Å². The van der Waals surface area contributed by atoms with Crippen molar-refractivity contribution in [3.8, 4) is 0 Å². The molecule has 0 saturated heterocycles. The summed E-state index contributed by atoms with van der Waals surface area (Å²) in [6.45, 7) is 0. The molecule has 0 aromatic heterocycles. The summed E-state index contributed by atoms with van der Waals surface area (Å²) in [6, 6.07) is 1.92. The van der Waals surface area contributed by atoms with E-state index >= 15 is 0 Å². The van der Waals surface area contributed by atoms with Gasteiger partial charge in [0, 0.05) is 11.1 Å². The predicted octanol–water partition coefficient (Wildman–Crippen LogP) is -11.3. The molecule has 86 valence electrons. The molecule has 0 atom stereocenters. The van der Waals surface area contributed by atoms with Crippen LogP contribution in [-0.2, 0) is 10.1 Å². The molecule has 0 amide bonds. The number of hydrogen-bond donors (Lipinski definition) is 1. The van der Waals surface area contributed by atoms with Crippen LogP contribution in [0.3, 0.4) is 0 Å². The maximum absolute atomic E-state index is 10.7. The van der Waals surface area contributed by atoms with E-state index in [9.17, 15) is 28.2 Å². The van der Waals surface area contributed by atoms with Crippen molar-refractivity contribution in [1.82, 2.24) is 0 Å². The van der Waals surface area contributed by atoms with E-state index in [0.717, 1.165) is 6.07 Å². The number of hydrogen-bond acceptors (Lipinski definition) is 6. The average molecular weight is 313 g/mol. The number of carbonyl (C=O) groups excluding carboxylic acids is 2. The van der Waals surface area contributed by atoms with E-state index in [4.69, 9.17) is 4.55 Å². The van der Waals surface area contributed by atoms with Crippen molar-refractivity contribution in [2.45, 2.75) is 4.90 Å². The molecule has 0 saturated carbocycles. The van der Waals surface area contributed by atoms with Crippen LogP contribution in [0.15, 0.2) is 23.1 Å². The molecular formula is C8H4Na3O7S+. The van der Waals surface area contributed by atoms with Crippen molar-refractivity contribution < 1.29 is 121 Å². The molecule has 0 heterocycles. The normalized spacial score (nSPS) is 9.32. The van der Waals surface area contributed by atoms with Crippen LogP contribution < -0.4 is 98.9 Å². The summed E-state index contributed by atoms with van der Waals surface area (Å²) in [4.78, 5) is 20.3. The van der Waals surface area contributed by atoms with Gasteiger partial charge in [-0.1, -0.05) is 6.07 Å². The predicted molar refractivity (Wildman–Crippen MR) is 44.9 cm³/mol. The van der Waals surface area contributed by atoms with Gasteiger partial charge >= 0.3 is 88.7 Å². The minimum atomic E-state index is -4.61. The molecule has 0 unspecified atom stereocenters. The van der Waals surface area contributed by atoms with E-state index in [1.54, 1.807) is 0 Å².